The third-order valence-electron chi connectivity index (χ3n) is 5.32. The molecule has 6 heteroatoms. The molecule has 3 aromatic rings. The van der Waals surface area contributed by atoms with Gasteiger partial charge in [0.2, 0.25) is 0 Å². The summed E-state index contributed by atoms with van der Waals surface area (Å²) in [5.74, 6) is 1.36. The molecule has 140 valence electrons. The van der Waals surface area contributed by atoms with E-state index >= 15 is 0 Å². The van der Waals surface area contributed by atoms with E-state index in [0.717, 1.165) is 58.6 Å². The molecule has 0 radical (unpaired) electrons. The molecule has 2 N–H and O–H groups in total. The molecule has 0 aliphatic carbocycles. The van der Waals surface area contributed by atoms with E-state index in [9.17, 15) is 0 Å². The normalized spacial score (nSPS) is 17.3. The summed E-state index contributed by atoms with van der Waals surface area (Å²) < 4.78 is 0. The van der Waals surface area contributed by atoms with Crippen LogP contribution in [0.3, 0.4) is 0 Å². The minimum Gasteiger partial charge on any atom is -0.348 e. The van der Waals surface area contributed by atoms with Crippen LogP contribution < -0.4 is 5.32 Å². The number of likely N-dealkylation sites (tertiary alicyclic amines) is 1. The number of anilines is 1. The number of H-pyrrole nitrogens is 1. The van der Waals surface area contributed by atoms with Crippen molar-refractivity contribution in [2.45, 2.75) is 32.6 Å². The molecule has 1 fully saturated rings. The lowest BCUT2D eigenvalue weighted by molar-refractivity contribution is 0.307. The van der Waals surface area contributed by atoms with Crippen molar-refractivity contribution in [1.29, 1.82) is 0 Å². The van der Waals surface area contributed by atoms with Gasteiger partial charge in [-0.2, -0.15) is 0 Å². The fourth-order valence-corrected chi connectivity index (χ4v) is 4.06. The van der Waals surface area contributed by atoms with E-state index in [-0.39, 0.29) is 0 Å². The van der Waals surface area contributed by atoms with Gasteiger partial charge in [0.15, 0.2) is 5.11 Å². The first-order valence-corrected chi connectivity index (χ1v) is 10.1. The van der Waals surface area contributed by atoms with Gasteiger partial charge in [0.1, 0.15) is 5.82 Å². The molecule has 2 aromatic carbocycles. The number of nitrogens with zero attached hydrogens (tertiary/aromatic N) is 2. The summed E-state index contributed by atoms with van der Waals surface area (Å²) in [4.78, 5) is 10.5. The molecule has 0 amide bonds. The second-order valence-electron chi connectivity index (χ2n) is 7.30. The van der Waals surface area contributed by atoms with Crippen LogP contribution >= 0.6 is 23.8 Å². The number of halogens is 1. The maximum Gasteiger partial charge on any atom is 0.173 e. The predicted octanol–water partition coefficient (Wildman–Crippen LogP) is 5.41. The van der Waals surface area contributed by atoms with Crippen LogP contribution in [-0.4, -0.2) is 33.1 Å². The first kappa shape index (κ1) is 18.3. The monoisotopic (exact) mass is 398 g/mol. The Morgan fingerprint density at radius 3 is 2.89 bits per heavy atom. The quantitative estimate of drug-likeness (QED) is 0.566. The molecule has 1 aromatic heterocycles. The molecule has 1 aliphatic rings. The zero-order valence-corrected chi connectivity index (χ0v) is 17.1. The van der Waals surface area contributed by atoms with Crippen LogP contribution in [0.4, 0.5) is 5.69 Å². The Kier molecular flexibility index (Phi) is 5.06. The number of imidazole rings is 1. The van der Waals surface area contributed by atoms with Crippen LogP contribution in [0.5, 0.6) is 0 Å². The van der Waals surface area contributed by atoms with Crippen molar-refractivity contribution in [3.05, 3.63) is 58.4 Å². The van der Waals surface area contributed by atoms with Crippen molar-refractivity contribution in [2.24, 2.45) is 0 Å². The molecule has 2 heterocycles. The molecule has 1 atom stereocenters. The van der Waals surface area contributed by atoms with Crippen molar-refractivity contribution < 1.29 is 0 Å². The minimum absolute atomic E-state index is 0.337. The molecule has 27 heavy (non-hydrogen) atoms. The SMILES string of the molecule is Cc1ccc(NC(=S)N2CCC[C@@H](c3nc4ccc(Cl)cc4[nH]3)C2)cc1C. The summed E-state index contributed by atoms with van der Waals surface area (Å²) in [5, 5.41) is 4.90. The summed E-state index contributed by atoms with van der Waals surface area (Å²) in [6.07, 6.45) is 2.20. The van der Waals surface area contributed by atoms with E-state index in [2.05, 4.69) is 47.2 Å². The highest BCUT2D eigenvalue weighted by atomic mass is 35.5. The standard InChI is InChI=1S/C21H23ClN4S/c1-13-5-7-17(10-14(13)2)23-21(27)26-9-3-4-15(12-26)20-24-18-8-6-16(22)11-19(18)25-20/h5-8,10-11,15H,3-4,9,12H2,1-2H3,(H,23,27)(H,24,25)/t15-/m1/s1. The maximum atomic E-state index is 6.09. The molecule has 1 aliphatic heterocycles. The number of nitrogens with one attached hydrogen (secondary N) is 2. The zero-order chi connectivity index (χ0) is 19.0. The number of rotatable bonds is 2. The number of piperidine rings is 1. The van der Waals surface area contributed by atoms with Gasteiger partial charge >= 0.3 is 0 Å². The first-order chi connectivity index (χ1) is 13.0. The summed E-state index contributed by atoms with van der Waals surface area (Å²) in [5.41, 5.74) is 5.55. The van der Waals surface area contributed by atoms with Crippen LogP contribution in [0, 0.1) is 13.8 Å². The lowest BCUT2D eigenvalue weighted by Crippen LogP contribution is -2.41. The lowest BCUT2D eigenvalue weighted by Gasteiger charge is -2.33. The average molecular weight is 399 g/mol. The fraction of sp³-hybridized carbons (Fsp3) is 0.333. The Labute approximate surface area is 169 Å². The predicted molar refractivity (Wildman–Crippen MR) is 117 cm³/mol. The van der Waals surface area contributed by atoms with Crippen LogP contribution in [0.1, 0.15) is 35.7 Å². The van der Waals surface area contributed by atoms with Gasteiger partial charge in [-0.3, -0.25) is 0 Å². The first-order valence-electron chi connectivity index (χ1n) is 9.28. The number of benzene rings is 2. The highest BCUT2D eigenvalue weighted by Crippen LogP contribution is 2.28. The van der Waals surface area contributed by atoms with Crippen molar-refractivity contribution in [3.63, 3.8) is 0 Å². The van der Waals surface area contributed by atoms with Gasteiger partial charge in [0, 0.05) is 29.7 Å². The van der Waals surface area contributed by atoms with Crippen LogP contribution in [-0.2, 0) is 0 Å². The Hall–Kier alpha value is -2.11. The second-order valence-corrected chi connectivity index (χ2v) is 8.12. The number of fused-ring (bicyclic) bond motifs is 1. The molecule has 0 spiro atoms. The number of hydrogen-bond donors (Lipinski definition) is 2. The zero-order valence-electron chi connectivity index (χ0n) is 15.6. The van der Waals surface area contributed by atoms with Crippen molar-refractivity contribution in [3.8, 4) is 0 Å². The third-order valence-corrected chi connectivity index (χ3v) is 5.91. The highest BCUT2D eigenvalue weighted by molar-refractivity contribution is 7.80. The van der Waals surface area contributed by atoms with E-state index in [1.54, 1.807) is 0 Å². The minimum atomic E-state index is 0.337. The van der Waals surface area contributed by atoms with Gasteiger partial charge in [-0.05, 0) is 80.4 Å². The van der Waals surface area contributed by atoms with E-state index in [1.807, 2.05) is 18.2 Å². The largest absolute Gasteiger partial charge is 0.348 e. The molecule has 0 unspecified atom stereocenters. The van der Waals surface area contributed by atoms with Crippen LogP contribution in [0.25, 0.3) is 11.0 Å². The van der Waals surface area contributed by atoms with E-state index in [4.69, 9.17) is 28.8 Å². The van der Waals surface area contributed by atoms with Crippen LogP contribution in [0.15, 0.2) is 36.4 Å². The number of aryl methyl sites for hydroxylation is 2. The summed E-state index contributed by atoms with van der Waals surface area (Å²) in [6.45, 7) is 6.07. The van der Waals surface area contributed by atoms with Crippen LogP contribution in [0.2, 0.25) is 5.02 Å². The number of aromatic amines is 1. The maximum absolute atomic E-state index is 6.09. The summed E-state index contributed by atoms with van der Waals surface area (Å²) in [7, 11) is 0. The van der Waals surface area contributed by atoms with Crippen molar-refractivity contribution in [1.82, 2.24) is 14.9 Å². The summed E-state index contributed by atoms with van der Waals surface area (Å²) >= 11 is 11.8. The molecular formula is C21H23ClN4S. The lowest BCUT2D eigenvalue weighted by atomic mass is 9.98. The Bertz CT molecular complexity index is 997. The highest BCUT2D eigenvalue weighted by Gasteiger charge is 2.25. The number of hydrogen-bond acceptors (Lipinski definition) is 2. The molecule has 1 saturated heterocycles. The van der Waals surface area contributed by atoms with E-state index < -0.39 is 0 Å². The van der Waals surface area contributed by atoms with Gasteiger partial charge in [0.05, 0.1) is 11.0 Å². The fourth-order valence-electron chi connectivity index (χ4n) is 3.60. The average Bonchev–Trinajstić information content (AvgIpc) is 3.08. The third kappa shape index (κ3) is 3.94. The van der Waals surface area contributed by atoms with Crippen molar-refractivity contribution >= 4 is 45.7 Å². The Morgan fingerprint density at radius 2 is 2.07 bits per heavy atom. The van der Waals surface area contributed by atoms with Gasteiger partial charge < -0.3 is 15.2 Å². The molecular weight excluding hydrogens is 376 g/mol. The van der Waals surface area contributed by atoms with E-state index in [1.165, 1.54) is 11.1 Å². The number of aromatic nitrogens is 2. The second kappa shape index (κ2) is 7.49. The number of thiocarbonyl (C=S) groups is 1. The van der Waals surface area contributed by atoms with E-state index in [0.29, 0.717) is 5.92 Å². The molecule has 0 saturated carbocycles. The molecule has 4 nitrogen and oxygen atoms in total. The topological polar surface area (TPSA) is 44.0 Å². The summed E-state index contributed by atoms with van der Waals surface area (Å²) in [6, 6.07) is 12.1. The smallest absolute Gasteiger partial charge is 0.173 e. The Morgan fingerprint density at radius 1 is 1.22 bits per heavy atom. The van der Waals surface area contributed by atoms with Gasteiger partial charge in [-0.15, -0.1) is 0 Å². The Balaban J connectivity index is 1.48. The molecule has 0 bridgehead atoms. The van der Waals surface area contributed by atoms with Gasteiger partial charge in [0.25, 0.3) is 0 Å². The van der Waals surface area contributed by atoms with Crippen molar-refractivity contribution in [2.75, 3.05) is 18.4 Å². The van der Waals surface area contributed by atoms with Gasteiger partial charge in [-0.1, -0.05) is 17.7 Å². The van der Waals surface area contributed by atoms with Gasteiger partial charge in [-0.25, -0.2) is 4.98 Å². The molecule has 4 rings (SSSR count).